The number of ether oxygens (including phenoxy) is 3. The predicted octanol–water partition coefficient (Wildman–Crippen LogP) is 4.94. The summed E-state index contributed by atoms with van der Waals surface area (Å²) in [4.78, 5) is 41.3. The van der Waals surface area contributed by atoms with E-state index in [-0.39, 0.29) is 43.6 Å². The van der Waals surface area contributed by atoms with E-state index in [9.17, 15) is 29.9 Å². The van der Waals surface area contributed by atoms with Crippen molar-refractivity contribution >= 4 is 18.0 Å². The van der Waals surface area contributed by atoms with E-state index >= 15 is 0 Å². The van der Waals surface area contributed by atoms with E-state index < -0.39 is 59.9 Å². The summed E-state index contributed by atoms with van der Waals surface area (Å²) in [5.74, 6) is -2.65. The standard InChI is InChI=1S/C34H51NO10/c1-8-26-25(7)34(40,19-30(37)42-26)18-12-11-14-21(3)32-20(2)13-9-10-15-27(43-33(35)39)24(6)31(38)23(5)22(4)28(45-41)16-17-29(36)44-32/h9-15,20,23-28,31-32,38,40-41H,4,8,16-19H2,1-3,5-7H3,(H2,35,39). The van der Waals surface area contributed by atoms with Gasteiger partial charge in [0, 0.05) is 30.1 Å². The summed E-state index contributed by atoms with van der Waals surface area (Å²) in [6, 6.07) is 0. The number of nitrogens with two attached hydrogens (primary N) is 1. The second kappa shape index (κ2) is 17.4. The lowest BCUT2D eigenvalue weighted by Gasteiger charge is -2.41. The molecular weight excluding hydrogens is 582 g/mol. The van der Waals surface area contributed by atoms with Gasteiger partial charge in [-0.3, -0.25) is 14.8 Å². The van der Waals surface area contributed by atoms with E-state index in [0.717, 1.165) is 5.57 Å². The van der Waals surface area contributed by atoms with Gasteiger partial charge in [0.1, 0.15) is 24.4 Å². The van der Waals surface area contributed by atoms with Crippen LogP contribution in [-0.2, 0) is 28.7 Å². The lowest BCUT2D eigenvalue weighted by atomic mass is 9.77. The zero-order valence-corrected chi connectivity index (χ0v) is 27.3. The van der Waals surface area contributed by atoms with Crippen molar-refractivity contribution < 1.29 is 49.0 Å². The topological polar surface area (TPSA) is 175 Å². The van der Waals surface area contributed by atoms with Crippen molar-refractivity contribution in [3.63, 3.8) is 0 Å². The number of carbonyl (C=O) groups is 3. The highest BCUT2D eigenvalue weighted by Crippen LogP contribution is 2.36. The number of hydrogen-bond acceptors (Lipinski definition) is 10. The molecule has 2 heterocycles. The highest BCUT2D eigenvalue weighted by molar-refractivity contribution is 5.72. The van der Waals surface area contributed by atoms with Crippen LogP contribution >= 0.6 is 0 Å². The maximum absolute atomic E-state index is 13.0. The van der Waals surface area contributed by atoms with Crippen molar-refractivity contribution in [2.75, 3.05) is 0 Å². The molecule has 1 amide bonds. The maximum Gasteiger partial charge on any atom is 0.405 e. The second-order valence-electron chi connectivity index (χ2n) is 12.3. The molecule has 0 aromatic rings. The number of primary amides is 1. The van der Waals surface area contributed by atoms with Crippen molar-refractivity contribution in [1.29, 1.82) is 0 Å². The Morgan fingerprint density at radius 2 is 1.82 bits per heavy atom. The Hall–Kier alpha value is -3.25. The van der Waals surface area contributed by atoms with Crippen LogP contribution in [0.15, 0.2) is 60.3 Å². The van der Waals surface area contributed by atoms with Crippen molar-refractivity contribution in [2.24, 2.45) is 29.4 Å². The Morgan fingerprint density at radius 3 is 2.44 bits per heavy atom. The summed E-state index contributed by atoms with van der Waals surface area (Å²) in [5, 5.41) is 31.8. The molecule has 1 fully saturated rings. The summed E-state index contributed by atoms with van der Waals surface area (Å²) in [7, 11) is 0. The molecule has 0 spiro atoms. The van der Waals surface area contributed by atoms with Gasteiger partial charge in [0.15, 0.2) is 0 Å². The normalized spacial score (nSPS) is 36.1. The smallest absolute Gasteiger partial charge is 0.405 e. The van der Waals surface area contributed by atoms with Crippen molar-refractivity contribution in [2.45, 2.75) is 110 Å². The average molecular weight is 634 g/mol. The summed E-state index contributed by atoms with van der Waals surface area (Å²) in [5.41, 5.74) is 5.16. The number of hydrogen-bond donors (Lipinski definition) is 4. The van der Waals surface area contributed by atoms with Crippen LogP contribution in [0.3, 0.4) is 0 Å². The van der Waals surface area contributed by atoms with Crippen molar-refractivity contribution in [1.82, 2.24) is 0 Å². The fraction of sp³-hybridized carbons (Fsp3) is 0.618. The van der Waals surface area contributed by atoms with Crippen molar-refractivity contribution in [3.05, 3.63) is 60.3 Å². The lowest BCUT2D eigenvalue weighted by molar-refractivity contribution is -0.271. The number of esters is 2. The molecule has 5 N–H and O–H groups in total. The molecule has 0 aliphatic carbocycles. The Balaban J connectivity index is 2.34. The quantitative estimate of drug-likeness (QED) is 0.0751. The molecule has 45 heavy (non-hydrogen) atoms. The molecule has 10 unspecified atom stereocenters. The lowest BCUT2D eigenvalue weighted by Crippen LogP contribution is -2.50. The number of aliphatic hydroxyl groups excluding tert-OH is 1. The first-order valence-corrected chi connectivity index (χ1v) is 15.6. The first kappa shape index (κ1) is 37.9. The number of amides is 1. The van der Waals surface area contributed by atoms with Crippen LogP contribution in [0.25, 0.3) is 0 Å². The van der Waals surface area contributed by atoms with Gasteiger partial charge in [-0.2, -0.15) is 0 Å². The molecular formula is C34H51NO10. The third-order valence-electron chi connectivity index (χ3n) is 9.08. The minimum Gasteiger partial charge on any atom is -0.462 e. The molecule has 0 aromatic heterocycles. The minimum absolute atomic E-state index is 0.0539. The number of allylic oxidation sites excluding steroid dienone is 4. The molecule has 0 saturated carbocycles. The van der Waals surface area contributed by atoms with E-state index in [1.54, 1.807) is 50.3 Å². The van der Waals surface area contributed by atoms with Gasteiger partial charge in [-0.15, -0.1) is 0 Å². The van der Waals surface area contributed by atoms with Crippen LogP contribution in [-0.4, -0.2) is 69.6 Å². The highest BCUT2D eigenvalue weighted by Gasteiger charge is 2.45. The second-order valence-corrected chi connectivity index (χ2v) is 12.3. The van der Waals surface area contributed by atoms with Gasteiger partial charge < -0.3 is 30.2 Å². The van der Waals surface area contributed by atoms with Gasteiger partial charge in [-0.25, -0.2) is 9.68 Å². The highest BCUT2D eigenvalue weighted by atomic mass is 17.1. The first-order chi connectivity index (χ1) is 21.1. The summed E-state index contributed by atoms with van der Waals surface area (Å²) < 4.78 is 16.5. The average Bonchev–Trinajstić information content (AvgIpc) is 2.99. The molecule has 2 aliphatic heterocycles. The number of cyclic esters (lactones) is 2. The molecule has 0 radical (unpaired) electrons. The van der Waals surface area contributed by atoms with Gasteiger partial charge in [0.2, 0.25) is 0 Å². The number of carbonyl (C=O) groups excluding carboxylic acids is 3. The minimum atomic E-state index is -1.22. The molecule has 252 valence electrons. The van der Waals surface area contributed by atoms with Crippen LogP contribution in [0.1, 0.15) is 73.6 Å². The SMILES string of the molecule is C=C1C(OO)CCC(=O)OC(C(C)=CC=CCC2(O)CC(=O)OC(CC)C2C)C(C)C=CC=CC(OC(N)=O)C(C)C(O)C1C. The predicted molar refractivity (Wildman–Crippen MR) is 168 cm³/mol. The van der Waals surface area contributed by atoms with Crippen molar-refractivity contribution in [3.8, 4) is 0 Å². The monoisotopic (exact) mass is 633 g/mol. The third-order valence-corrected chi connectivity index (χ3v) is 9.08. The van der Waals surface area contributed by atoms with Gasteiger partial charge in [-0.05, 0) is 43.4 Å². The van der Waals surface area contributed by atoms with Gasteiger partial charge in [-0.1, -0.05) is 77.7 Å². The Kier molecular flexibility index (Phi) is 14.7. The van der Waals surface area contributed by atoms with Gasteiger partial charge >= 0.3 is 18.0 Å². The van der Waals surface area contributed by atoms with E-state index in [1.807, 2.05) is 33.8 Å². The number of rotatable bonds is 7. The van der Waals surface area contributed by atoms with Crippen LogP contribution in [0, 0.1) is 23.7 Å². The molecule has 1 saturated heterocycles. The van der Waals surface area contributed by atoms with Crippen LogP contribution in [0.4, 0.5) is 4.79 Å². The largest absolute Gasteiger partial charge is 0.462 e. The Bertz CT molecular complexity index is 1160. The molecule has 0 aromatic carbocycles. The zero-order chi connectivity index (χ0) is 33.9. The number of aliphatic hydroxyl groups is 2. The Labute approximate surface area is 266 Å². The van der Waals surface area contributed by atoms with E-state index in [0.29, 0.717) is 12.0 Å². The maximum atomic E-state index is 13.0. The van der Waals surface area contributed by atoms with E-state index in [4.69, 9.17) is 19.9 Å². The summed E-state index contributed by atoms with van der Waals surface area (Å²) in [6.45, 7) is 14.9. The molecule has 11 heteroatoms. The summed E-state index contributed by atoms with van der Waals surface area (Å²) in [6.07, 6.45) is 8.08. The molecule has 11 nitrogen and oxygen atoms in total. The third kappa shape index (κ3) is 10.7. The fourth-order valence-electron chi connectivity index (χ4n) is 5.85. The van der Waals surface area contributed by atoms with E-state index in [2.05, 4.69) is 11.5 Å². The van der Waals surface area contributed by atoms with Gasteiger partial charge in [0.25, 0.3) is 0 Å². The molecule has 2 aliphatic rings. The van der Waals surface area contributed by atoms with Gasteiger partial charge in [0.05, 0.1) is 18.1 Å². The first-order valence-electron chi connectivity index (χ1n) is 15.6. The fourth-order valence-corrected chi connectivity index (χ4v) is 5.85. The summed E-state index contributed by atoms with van der Waals surface area (Å²) >= 11 is 0. The van der Waals surface area contributed by atoms with Crippen LogP contribution in [0.5, 0.6) is 0 Å². The molecule has 2 rings (SSSR count). The van der Waals surface area contributed by atoms with Crippen LogP contribution < -0.4 is 5.73 Å². The van der Waals surface area contributed by atoms with E-state index in [1.165, 1.54) is 0 Å². The molecule has 10 atom stereocenters. The Morgan fingerprint density at radius 1 is 1.16 bits per heavy atom. The van der Waals surface area contributed by atoms with Crippen LogP contribution in [0.2, 0.25) is 0 Å². The zero-order valence-electron chi connectivity index (χ0n) is 27.3. The molecule has 0 bridgehead atoms.